The Labute approximate surface area is 90.5 Å². The fourth-order valence-corrected chi connectivity index (χ4v) is 1.34. The molecule has 0 aromatic carbocycles. The number of aliphatic hydroxyl groups is 1. The Hall–Kier alpha value is -0.970. The van der Waals surface area contributed by atoms with Gasteiger partial charge in [-0.1, -0.05) is 27.7 Å². The van der Waals surface area contributed by atoms with E-state index in [-0.39, 0.29) is 0 Å². The molecule has 0 fully saturated rings. The van der Waals surface area contributed by atoms with Crippen molar-refractivity contribution in [3.05, 3.63) is 5.82 Å². The second-order valence-corrected chi connectivity index (χ2v) is 4.73. The highest BCUT2D eigenvalue weighted by Crippen LogP contribution is 2.12. The van der Waals surface area contributed by atoms with E-state index in [2.05, 4.69) is 43.1 Å². The maximum absolute atomic E-state index is 9.74. The van der Waals surface area contributed by atoms with Gasteiger partial charge < -0.3 is 5.11 Å². The molecule has 1 atom stereocenters. The molecule has 0 spiro atoms. The third-order valence-electron chi connectivity index (χ3n) is 2.01. The van der Waals surface area contributed by atoms with E-state index in [0.717, 1.165) is 6.42 Å². The summed E-state index contributed by atoms with van der Waals surface area (Å²) < 4.78 is 0. The molecule has 1 N–H and O–H groups in total. The van der Waals surface area contributed by atoms with E-state index in [1.165, 1.54) is 4.80 Å². The molecule has 15 heavy (non-hydrogen) atoms. The monoisotopic (exact) mass is 212 g/mol. The number of aliphatic hydroxyl groups excluding tert-OH is 1. The number of nitrogens with zero attached hydrogens (tertiary/aromatic N) is 4. The van der Waals surface area contributed by atoms with E-state index < -0.39 is 6.23 Å². The summed E-state index contributed by atoms with van der Waals surface area (Å²) in [4.78, 5) is 1.30. The van der Waals surface area contributed by atoms with Gasteiger partial charge in [-0.25, -0.2) is 0 Å². The van der Waals surface area contributed by atoms with Gasteiger partial charge in [-0.05, 0) is 23.5 Å². The molecule has 1 aromatic heterocycles. The molecule has 5 heteroatoms. The summed E-state index contributed by atoms with van der Waals surface area (Å²) in [6, 6.07) is 0. The topological polar surface area (TPSA) is 63.8 Å². The predicted molar refractivity (Wildman–Crippen MR) is 57.1 cm³/mol. The van der Waals surface area contributed by atoms with Crippen LogP contribution in [0.4, 0.5) is 0 Å². The van der Waals surface area contributed by atoms with Crippen molar-refractivity contribution in [1.82, 2.24) is 20.2 Å². The van der Waals surface area contributed by atoms with Crippen LogP contribution >= 0.6 is 0 Å². The lowest BCUT2D eigenvalue weighted by Gasteiger charge is -2.10. The standard InChI is InChI=1S/C10H20N4O/c1-7(2)5-9-11-13-14(12-9)10(15)6-8(3)4/h7-8,10,15H,5-6H2,1-4H3. The normalized spacial score (nSPS) is 13.8. The summed E-state index contributed by atoms with van der Waals surface area (Å²) in [6.07, 6.45) is 0.796. The largest absolute Gasteiger partial charge is 0.370 e. The van der Waals surface area contributed by atoms with Crippen LogP contribution in [0.3, 0.4) is 0 Å². The van der Waals surface area contributed by atoms with E-state index in [9.17, 15) is 5.11 Å². The van der Waals surface area contributed by atoms with Crippen LogP contribution < -0.4 is 0 Å². The number of aromatic nitrogens is 4. The zero-order chi connectivity index (χ0) is 11.4. The Morgan fingerprint density at radius 2 is 1.87 bits per heavy atom. The predicted octanol–water partition coefficient (Wildman–Crippen LogP) is 1.41. The molecule has 1 rings (SSSR count). The highest BCUT2D eigenvalue weighted by Gasteiger charge is 2.13. The Morgan fingerprint density at radius 3 is 2.40 bits per heavy atom. The van der Waals surface area contributed by atoms with Crippen molar-refractivity contribution in [2.24, 2.45) is 11.8 Å². The van der Waals surface area contributed by atoms with Crippen LogP contribution in [0.15, 0.2) is 0 Å². The lowest BCUT2D eigenvalue weighted by Crippen LogP contribution is -2.14. The summed E-state index contributed by atoms with van der Waals surface area (Å²) >= 11 is 0. The van der Waals surface area contributed by atoms with Gasteiger partial charge in [-0.3, -0.25) is 0 Å². The van der Waals surface area contributed by atoms with Gasteiger partial charge in [-0.15, -0.1) is 15.0 Å². The molecule has 0 saturated carbocycles. The van der Waals surface area contributed by atoms with Crippen molar-refractivity contribution >= 4 is 0 Å². The Balaban J connectivity index is 2.58. The van der Waals surface area contributed by atoms with Crippen molar-refractivity contribution < 1.29 is 5.11 Å². The highest BCUT2D eigenvalue weighted by atomic mass is 16.3. The molecule has 1 unspecified atom stereocenters. The summed E-state index contributed by atoms with van der Waals surface area (Å²) in [7, 11) is 0. The van der Waals surface area contributed by atoms with Gasteiger partial charge >= 0.3 is 0 Å². The van der Waals surface area contributed by atoms with Crippen LogP contribution in [0.1, 0.15) is 46.2 Å². The molecule has 1 heterocycles. The molecule has 0 saturated heterocycles. The maximum Gasteiger partial charge on any atom is 0.175 e. The van der Waals surface area contributed by atoms with Crippen molar-refractivity contribution in [2.75, 3.05) is 0 Å². The minimum Gasteiger partial charge on any atom is -0.370 e. The van der Waals surface area contributed by atoms with Gasteiger partial charge in [0, 0.05) is 6.42 Å². The van der Waals surface area contributed by atoms with Crippen LogP contribution in [0, 0.1) is 11.8 Å². The molecule has 86 valence electrons. The quantitative estimate of drug-likeness (QED) is 0.801. The first-order chi connectivity index (χ1) is 6.99. The number of rotatable bonds is 5. The molecular formula is C10H20N4O. The molecule has 1 aromatic rings. The summed E-state index contributed by atoms with van der Waals surface area (Å²) in [5.74, 6) is 1.62. The van der Waals surface area contributed by atoms with Crippen molar-refractivity contribution in [3.8, 4) is 0 Å². The van der Waals surface area contributed by atoms with Crippen molar-refractivity contribution in [3.63, 3.8) is 0 Å². The van der Waals surface area contributed by atoms with Crippen molar-refractivity contribution in [2.45, 2.75) is 46.8 Å². The average Bonchev–Trinajstić information content (AvgIpc) is 2.50. The molecule has 0 aliphatic heterocycles. The van der Waals surface area contributed by atoms with Gasteiger partial charge in [0.2, 0.25) is 0 Å². The van der Waals surface area contributed by atoms with E-state index in [0.29, 0.717) is 24.1 Å². The van der Waals surface area contributed by atoms with E-state index >= 15 is 0 Å². The smallest absolute Gasteiger partial charge is 0.175 e. The van der Waals surface area contributed by atoms with Crippen LogP contribution in [-0.2, 0) is 6.42 Å². The zero-order valence-corrected chi connectivity index (χ0v) is 9.88. The zero-order valence-electron chi connectivity index (χ0n) is 9.88. The fourth-order valence-electron chi connectivity index (χ4n) is 1.34. The first-order valence-corrected chi connectivity index (χ1v) is 5.45. The van der Waals surface area contributed by atoms with E-state index in [4.69, 9.17) is 0 Å². The van der Waals surface area contributed by atoms with Crippen LogP contribution in [-0.4, -0.2) is 25.3 Å². The first kappa shape index (κ1) is 12.1. The van der Waals surface area contributed by atoms with E-state index in [1.54, 1.807) is 0 Å². The summed E-state index contributed by atoms with van der Waals surface area (Å²) in [5, 5.41) is 21.6. The van der Waals surface area contributed by atoms with Gasteiger partial charge in [0.1, 0.15) is 0 Å². The lowest BCUT2D eigenvalue weighted by molar-refractivity contribution is 0.0529. The molecule has 0 radical (unpaired) electrons. The second-order valence-electron chi connectivity index (χ2n) is 4.73. The molecule has 0 amide bonds. The molecular weight excluding hydrogens is 192 g/mol. The molecule has 0 aliphatic rings. The first-order valence-electron chi connectivity index (χ1n) is 5.45. The van der Waals surface area contributed by atoms with Crippen LogP contribution in [0.25, 0.3) is 0 Å². The van der Waals surface area contributed by atoms with Gasteiger partial charge in [0.25, 0.3) is 0 Å². The number of hydrogen-bond acceptors (Lipinski definition) is 4. The molecule has 0 bridgehead atoms. The Morgan fingerprint density at radius 1 is 1.20 bits per heavy atom. The van der Waals surface area contributed by atoms with Gasteiger partial charge in [0.05, 0.1) is 0 Å². The minimum atomic E-state index is -0.654. The van der Waals surface area contributed by atoms with Crippen LogP contribution in [0.2, 0.25) is 0 Å². The minimum absolute atomic E-state index is 0.416. The SMILES string of the molecule is CC(C)Cc1nnn(C(O)CC(C)C)n1. The van der Waals surface area contributed by atoms with E-state index in [1.807, 2.05) is 0 Å². The Bertz CT molecular complexity index is 295. The Kier molecular flexibility index (Phi) is 4.20. The van der Waals surface area contributed by atoms with Crippen molar-refractivity contribution in [1.29, 1.82) is 0 Å². The summed E-state index contributed by atoms with van der Waals surface area (Å²) in [5.41, 5.74) is 0. The highest BCUT2D eigenvalue weighted by molar-refractivity contribution is 4.78. The lowest BCUT2D eigenvalue weighted by atomic mass is 10.1. The number of hydrogen-bond donors (Lipinski definition) is 1. The van der Waals surface area contributed by atoms with Gasteiger partial charge in [-0.2, -0.15) is 0 Å². The molecule has 0 aliphatic carbocycles. The average molecular weight is 212 g/mol. The third kappa shape index (κ3) is 3.95. The van der Waals surface area contributed by atoms with Gasteiger partial charge in [0.15, 0.2) is 12.1 Å². The number of tetrazole rings is 1. The maximum atomic E-state index is 9.74. The molecule has 5 nitrogen and oxygen atoms in total. The summed E-state index contributed by atoms with van der Waals surface area (Å²) in [6.45, 7) is 8.31. The fraction of sp³-hybridized carbons (Fsp3) is 0.900. The second kappa shape index (κ2) is 5.21. The van der Waals surface area contributed by atoms with Crippen LogP contribution in [0.5, 0.6) is 0 Å². The third-order valence-corrected chi connectivity index (χ3v) is 2.01.